The summed E-state index contributed by atoms with van der Waals surface area (Å²) in [4.78, 5) is 17.6. The topological polar surface area (TPSA) is 46.4 Å². The molecule has 4 rings (SSSR count). The molecule has 7 heteroatoms. The summed E-state index contributed by atoms with van der Waals surface area (Å²) in [6, 6.07) is 16.7. The first-order chi connectivity index (χ1) is 13.4. The Morgan fingerprint density at radius 2 is 1.75 bits per heavy atom. The van der Waals surface area contributed by atoms with Crippen LogP contribution in [-0.2, 0) is 0 Å². The molecular formula is C21H14Br2ClN3O. The normalized spacial score (nSPS) is 11.0. The van der Waals surface area contributed by atoms with Crippen LogP contribution >= 0.6 is 43.5 Å². The van der Waals surface area contributed by atoms with E-state index in [1.165, 1.54) is 0 Å². The number of hydrogen-bond acceptors (Lipinski definition) is 2. The molecule has 0 bridgehead atoms. The van der Waals surface area contributed by atoms with Crippen molar-refractivity contribution in [2.24, 2.45) is 0 Å². The highest BCUT2D eigenvalue weighted by atomic mass is 79.9. The van der Waals surface area contributed by atoms with E-state index in [4.69, 9.17) is 16.6 Å². The monoisotopic (exact) mass is 517 g/mol. The minimum Gasteiger partial charge on any atom is -0.306 e. The van der Waals surface area contributed by atoms with E-state index in [9.17, 15) is 4.79 Å². The van der Waals surface area contributed by atoms with Gasteiger partial charge in [-0.2, -0.15) is 0 Å². The summed E-state index contributed by atoms with van der Waals surface area (Å²) in [5.74, 6) is 0.387. The third-order valence-corrected chi connectivity index (χ3v) is 5.57. The third-order valence-electron chi connectivity index (χ3n) is 4.31. The predicted octanol–water partition coefficient (Wildman–Crippen LogP) is 6.74. The average molecular weight is 520 g/mol. The summed E-state index contributed by atoms with van der Waals surface area (Å²) in [7, 11) is 0. The van der Waals surface area contributed by atoms with Crippen LogP contribution in [0.1, 0.15) is 15.9 Å². The highest BCUT2D eigenvalue weighted by Gasteiger charge is 2.19. The SMILES string of the molecule is Cc1ccc(C(=O)Nc2c(-c3ccc(Cl)cc3)nc3c(Br)cc(Br)cn23)cc1. The van der Waals surface area contributed by atoms with E-state index in [1.807, 2.05) is 60.0 Å². The second-order valence-corrected chi connectivity index (χ2v) is 8.54. The van der Waals surface area contributed by atoms with Gasteiger partial charge in [0.15, 0.2) is 5.65 Å². The highest BCUT2D eigenvalue weighted by Crippen LogP contribution is 2.34. The number of nitrogens with zero attached hydrogens (tertiary/aromatic N) is 2. The molecule has 0 saturated heterocycles. The van der Waals surface area contributed by atoms with Crippen molar-refractivity contribution < 1.29 is 4.79 Å². The lowest BCUT2D eigenvalue weighted by atomic mass is 10.1. The second kappa shape index (κ2) is 7.70. The zero-order valence-corrected chi connectivity index (χ0v) is 18.6. The molecule has 2 aromatic heterocycles. The maximum absolute atomic E-state index is 12.9. The molecule has 0 aliphatic carbocycles. The summed E-state index contributed by atoms with van der Waals surface area (Å²) in [5.41, 5.74) is 3.90. The smallest absolute Gasteiger partial charge is 0.256 e. The molecule has 0 atom stereocenters. The van der Waals surface area contributed by atoms with Crippen LogP contribution in [0.2, 0.25) is 5.02 Å². The van der Waals surface area contributed by atoms with Crippen molar-refractivity contribution in [3.63, 3.8) is 0 Å². The second-order valence-electron chi connectivity index (χ2n) is 6.34. The summed E-state index contributed by atoms with van der Waals surface area (Å²) in [6.45, 7) is 1.99. The van der Waals surface area contributed by atoms with Crippen LogP contribution in [0.25, 0.3) is 16.9 Å². The van der Waals surface area contributed by atoms with Crippen molar-refractivity contribution in [2.45, 2.75) is 6.92 Å². The molecule has 1 amide bonds. The Bertz CT molecular complexity index is 1190. The molecule has 0 aliphatic heterocycles. The molecule has 1 N–H and O–H groups in total. The van der Waals surface area contributed by atoms with Gasteiger partial charge in [0.25, 0.3) is 5.91 Å². The summed E-state index contributed by atoms with van der Waals surface area (Å²) in [6.07, 6.45) is 1.87. The van der Waals surface area contributed by atoms with E-state index >= 15 is 0 Å². The molecule has 28 heavy (non-hydrogen) atoms. The average Bonchev–Trinajstić information content (AvgIpc) is 3.01. The quantitative estimate of drug-likeness (QED) is 0.326. The fourth-order valence-corrected chi connectivity index (χ4v) is 4.28. The van der Waals surface area contributed by atoms with Crippen molar-refractivity contribution in [1.29, 1.82) is 0 Å². The Labute approximate surface area is 183 Å². The Kier molecular flexibility index (Phi) is 5.27. The number of carbonyl (C=O) groups is 1. The number of hydrogen-bond donors (Lipinski definition) is 1. The number of benzene rings is 2. The Morgan fingerprint density at radius 3 is 2.43 bits per heavy atom. The molecule has 0 saturated carbocycles. The van der Waals surface area contributed by atoms with Gasteiger partial charge in [-0.25, -0.2) is 4.98 Å². The zero-order valence-electron chi connectivity index (χ0n) is 14.7. The number of nitrogens with one attached hydrogen (secondary N) is 1. The van der Waals surface area contributed by atoms with E-state index in [2.05, 4.69) is 37.2 Å². The summed E-state index contributed by atoms with van der Waals surface area (Å²) < 4.78 is 3.52. The van der Waals surface area contributed by atoms with Gasteiger partial charge in [0.05, 0.1) is 4.47 Å². The molecular weight excluding hydrogens is 506 g/mol. The molecule has 4 nitrogen and oxygen atoms in total. The number of rotatable bonds is 3. The Hall–Kier alpha value is -2.15. The number of aromatic nitrogens is 2. The molecule has 4 aromatic rings. The molecule has 140 valence electrons. The lowest BCUT2D eigenvalue weighted by Gasteiger charge is -2.09. The molecule has 2 aromatic carbocycles. The maximum atomic E-state index is 12.9. The van der Waals surface area contributed by atoms with Crippen LogP contribution in [0.4, 0.5) is 5.82 Å². The number of pyridine rings is 1. The lowest BCUT2D eigenvalue weighted by molar-refractivity contribution is 0.102. The highest BCUT2D eigenvalue weighted by molar-refractivity contribution is 9.11. The van der Waals surface area contributed by atoms with E-state index in [-0.39, 0.29) is 5.91 Å². The van der Waals surface area contributed by atoms with Crippen molar-refractivity contribution >= 4 is 60.8 Å². The van der Waals surface area contributed by atoms with E-state index in [1.54, 1.807) is 12.1 Å². The van der Waals surface area contributed by atoms with Gasteiger partial charge in [0, 0.05) is 26.8 Å². The van der Waals surface area contributed by atoms with Crippen LogP contribution in [0, 0.1) is 6.92 Å². The van der Waals surface area contributed by atoms with E-state index < -0.39 is 0 Å². The number of halogens is 3. The fraction of sp³-hybridized carbons (Fsp3) is 0.0476. The Balaban J connectivity index is 1.86. The number of amides is 1. The zero-order chi connectivity index (χ0) is 19.8. The van der Waals surface area contributed by atoms with Gasteiger partial charge in [0.2, 0.25) is 0 Å². The predicted molar refractivity (Wildman–Crippen MR) is 120 cm³/mol. The van der Waals surface area contributed by atoms with Crippen LogP contribution in [0.15, 0.2) is 69.7 Å². The molecule has 0 radical (unpaired) electrons. The van der Waals surface area contributed by atoms with Gasteiger partial charge in [0.1, 0.15) is 11.5 Å². The van der Waals surface area contributed by atoms with Gasteiger partial charge < -0.3 is 5.32 Å². The molecule has 0 unspecified atom stereocenters. The van der Waals surface area contributed by atoms with Gasteiger partial charge in [-0.3, -0.25) is 9.20 Å². The largest absolute Gasteiger partial charge is 0.306 e. The minimum atomic E-state index is -0.201. The first-order valence-electron chi connectivity index (χ1n) is 8.43. The maximum Gasteiger partial charge on any atom is 0.256 e. The Morgan fingerprint density at radius 1 is 1.07 bits per heavy atom. The summed E-state index contributed by atoms with van der Waals surface area (Å²) >= 11 is 13.1. The standard InChI is InChI=1S/C21H14Br2ClN3O/c1-12-2-4-14(5-3-12)21(28)26-20-18(13-6-8-16(24)9-7-13)25-19-17(23)10-15(22)11-27(19)20/h2-11H,1H3,(H,26,28). The molecule has 0 spiro atoms. The van der Waals surface area contributed by atoms with Crippen molar-refractivity contribution in [2.75, 3.05) is 5.32 Å². The van der Waals surface area contributed by atoms with Crippen molar-refractivity contribution in [3.8, 4) is 11.3 Å². The number of aryl methyl sites for hydroxylation is 1. The number of fused-ring (bicyclic) bond motifs is 1. The number of anilines is 1. The van der Waals surface area contributed by atoms with Crippen LogP contribution in [0.3, 0.4) is 0 Å². The van der Waals surface area contributed by atoms with E-state index in [0.717, 1.165) is 20.1 Å². The van der Waals surface area contributed by atoms with Crippen LogP contribution in [0.5, 0.6) is 0 Å². The number of carbonyl (C=O) groups excluding carboxylic acids is 1. The van der Waals surface area contributed by atoms with E-state index in [0.29, 0.717) is 27.7 Å². The first-order valence-corrected chi connectivity index (χ1v) is 10.4. The molecule has 0 fully saturated rings. The summed E-state index contributed by atoms with van der Waals surface area (Å²) in [5, 5.41) is 3.66. The van der Waals surface area contributed by atoms with Gasteiger partial charge in [-0.15, -0.1) is 0 Å². The van der Waals surface area contributed by atoms with Crippen molar-refractivity contribution in [3.05, 3.63) is 85.9 Å². The van der Waals surface area contributed by atoms with Crippen LogP contribution in [-0.4, -0.2) is 15.3 Å². The fourth-order valence-electron chi connectivity index (χ4n) is 2.89. The molecule has 2 heterocycles. The first kappa shape index (κ1) is 19.2. The lowest BCUT2D eigenvalue weighted by Crippen LogP contribution is -2.14. The minimum absolute atomic E-state index is 0.201. The van der Waals surface area contributed by atoms with Gasteiger partial charge in [-0.05, 0) is 69.1 Å². The number of imidazole rings is 1. The third kappa shape index (κ3) is 3.72. The van der Waals surface area contributed by atoms with Gasteiger partial charge in [-0.1, -0.05) is 41.4 Å². The molecule has 0 aliphatic rings. The van der Waals surface area contributed by atoms with Crippen molar-refractivity contribution in [1.82, 2.24) is 9.38 Å². The van der Waals surface area contributed by atoms with Gasteiger partial charge >= 0.3 is 0 Å². The van der Waals surface area contributed by atoms with Crippen LogP contribution < -0.4 is 5.32 Å².